The first-order valence-electron chi connectivity index (χ1n) is 9.45. The molecular formula is C20H28Cl2N4O2. The molecule has 0 unspecified atom stereocenters. The lowest BCUT2D eigenvalue weighted by molar-refractivity contribution is 0.110. The van der Waals surface area contributed by atoms with E-state index in [1.165, 1.54) is 0 Å². The number of nitrogens with zero attached hydrogens (tertiary/aromatic N) is 4. The van der Waals surface area contributed by atoms with Gasteiger partial charge in [-0.15, -0.1) is 0 Å². The lowest BCUT2D eigenvalue weighted by Gasteiger charge is -2.20. The summed E-state index contributed by atoms with van der Waals surface area (Å²) in [6, 6.07) is 3.57. The fourth-order valence-corrected chi connectivity index (χ4v) is 3.41. The highest BCUT2D eigenvalue weighted by molar-refractivity contribution is 6.45. The number of hydrogen-bond donors (Lipinski definition) is 0. The van der Waals surface area contributed by atoms with Gasteiger partial charge in [0.2, 0.25) is 0 Å². The predicted molar refractivity (Wildman–Crippen MR) is 115 cm³/mol. The second kappa shape index (κ2) is 11.3. The summed E-state index contributed by atoms with van der Waals surface area (Å²) in [5, 5.41) is 5.06. The van der Waals surface area contributed by atoms with E-state index >= 15 is 0 Å². The second-order valence-corrected chi connectivity index (χ2v) is 7.18. The highest BCUT2D eigenvalue weighted by atomic mass is 35.5. The zero-order chi connectivity index (χ0) is 20.5. The fourth-order valence-electron chi connectivity index (χ4n) is 2.92. The van der Waals surface area contributed by atoms with Crippen molar-refractivity contribution in [2.45, 2.75) is 26.7 Å². The van der Waals surface area contributed by atoms with E-state index in [0.29, 0.717) is 39.5 Å². The van der Waals surface area contributed by atoms with E-state index in [1.807, 2.05) is 23.9 Å². The molecule has 2 aromatic rings. The molecule has 0 spiro atoms. The van der Waals surface area contributed by atoms with Gasteiger partial charge in [-0.05, 0) is 38.1 Å². The van der Waals surface area contributed by atoms with Crippen LogP contribution in [0.3, 0.4) is 0 Å². The number of oxime groups is 1. The molecule has 28 heavy (non-hydrogen) atoms. The predicted octanol–water partition coefficient (Wildman–Crippen LogP) is 4.63. The van der Waals surface area contributed by atoms with E-state index in [0.717, 1.165) is 32.5 Å². The molecular weight excluding hydrogens is 399 g/mol. The minimum atomic E-state index is 0.334. The van der Waals surface area contributed by atoms with Crippen LogP contribution in [0.5, 0.6) is 5.75 Å². The summed E-state index contributed by atoms with van der Waals surface area (Å²) >= 11 is 12.8. The molecule has 0 fully saturated rings. The zero-order valence-electron chi connectivity index (χ0n) is 16.9. The second-order valence-electron chi connectivity index (χ2n) is 6.42. The van der Waals surface area contributed by atoms with Gasteiger partial charge in [-0.1, -0.05) is 42.2 Å². The third-order valence-corrected chi connectivity index (χ3v) is 5.15. The molecule has 1 aromatic heterocycles. The van der Waals surface area contributed by atoms with Gasteiger partial charge in [0.1, 0.15) is 17.4 Å². The molecule has 0 saturated carbocycles. The molecule has 0 radical (unpaired) electrons. The Morgan fingerprint density at radius 1 is 1.14 bits per heavy atom. The number of ether oxygens (including phenoxy) is 1. The molecule has 0 aliphatic carbocycles. The van der Waals surface area contributed by atoms with Crippen LogP contribution < -0.4 is 4.74 Å². The van der Waals surface area contributed by atoms with Crippen molar-refractivity contribution in [3.63, 3.8) is 0 Å². The number of aromatic nitrogens is 2. The van der Waals surface area contributed by atoms with Gasteiger partial charge in [-0.2, -0.15) is 0 Å². The number of hydrogen-bond acceptors (Lipinski definition) is 5. The quantitative estimate of drug-likeness (QED) is 0.298. The Morgan fingerprint density at radius 3 is 2.43 bits per heavy atom. The summed E-state index contributed by atoms with van der Waals surface area (Å²) in [4.78, 5) is 12.4. The van der Waals surface area contributed by atoms with Gasteiger partial charge in [0.15, 0.2) is 11.5 Å². The summed E-state index contributed by atoms with van der Waals surface area (Å²) in [6.07, 6.45) is 5.77. The topological polar surface area (TPSA) is 51.9 Å². The van der Waals surface area contributed by atoms with Gasteiger partial charge in [-0.25, -0.2) is 4.98 Å². The molecule has 0 N–H and O–H groups in total. The van der Waals surface area contributed by atoms with E-state index in [2.05, 4.69) is 28.9 Å². The van der Waals surface area contributed by atoms with Crippen molar-refractivity contribution >= 4 is 28.9 Å². The van der Waals surface area contributed by atoms with Crippen LogP contribution >= 0.6 is 23.2 Å². The Bertz CT molecular complexity index is 787. The molecule has 2 rings (SSSR count). The first-order valence-corrected chi connectivity index (χ1v) is 10.2. The normalized spacial score (nSPS) is 11.9. The number of rotatable bonds is 11. The standard InChI is InChI=1S/C20H28Cl2N4O2/c1-5-10-26(11-6-2)13-14-28-24-19(20-23-9-12-25(20)3)15-7-8-16(27-4)18(22)17(15)21/h7-9,12H,5-6,10-11,13-14H2,1-4H3/b24-19-. The molecule has 0 aliphatic heterocycles. The van der Waals surface area contributed by atoms with E-state index in [-0.39, 0.29) is 0 Å². The number of methoxy groups -OCH3 is 1. The Kier molecular flexibility index (Phi) is 9.09. The zero-order valence-corrected chi connectivity index (χ0v) is 18.4. The van der Waals surface area contributed by atoms with E-state index in [4.69, 9.17) is 32.8 Å². The van der Waals surface area contributed by atoms with Crippen molar-refractivity contribution in [2.75, 3.05) is 33.4 Å². The average Bonchev–Trinajstić information content (AvgIpc) is 3.10. The summed E-state index contributed by atoms with van der Waals surface area (Å²) in [5.41, 5.74) is 1.17. The van der Waals surface area contributed by atoms with E-state index in [9.17, 15) is 0 Å². The van der Waals surface area contributed by atoms with Crippen LogP contribution in [0.4, 0.5) is 0 Å². The average molecular weight is 427 g/mol. The monoisotopic (exact) mass is 426 g/mol. The highest BCUT2D eigenvalue weighted by Crippen LogP contribution is 2.35. The van der Waals surface area contributed by atoms with Crippen molar-refractivity contribution in [3.05, 3.63) is 46.0 Å². The maximum atomic E-state index is 6.49. The number of aryl methyl sites for hydroxylation is 1. The van der Waals surface area contributed by atoms with Crippen LogP contribution in [0.25, 0.3) is 0 Å². The minimum absolute atomic E-state index is 0.334. The molecule has 0 amide bonds. The van der Waals surface area contributed by atoms with Gasteiger partial charge in [0.05, 0.1) is 12.1 Å². The lowest BCUT2D eigenvalue weighted by atomic mass is 10.1. The van der Waals surface area contributed by atoms with E-state index < -0.39 is 0 Å². The number of halogens is 2. The Balaban J connectivity index is 2.26. The third kappa shape index (κ3) is 5.63. The van der Waals surface area contributed by atoms with Crippen LogP contribution in [-0.4, -0.2) is 53.5 Å². The molecule has 6 nitrogen and oxygen atoms in total. The smallest absolute Gasteiger partial charge is 0.162 e. The Morgan fingerprint density at radius 2 is 1.86 bits per heavy atom. The lowest BCUT2D eigenvalue weighted by Crippen LogP contribution is -2.29. The van der Waals surface area contributed by atoms with Crippen LogP contribution in [-0.2, 0) is 11.9 Å². The van der Waals surface area contributed by atoms with Crippen molar-refractivity contribution in [1.29, 1.82) is 0 Å². The first-order chi connectivity index (χ1) is 13.5. The van der Waals surface area contributed by atoms with Gasteiger partial charge in [-0.3, -0.25) is 4.90 Å². The fraction of sp³-hybridized carbons (Fsp3) is 0.500. The minimum Gasteiger partial charge on any atom is -0.495 e. The molecule has 0 saturated heterocycles. The summed E-state index contributed by atoms with van der Waals surface area (Å²) < 4.78 is 7.09. The van der Waals surface area contributed by atoms with Crippen LogP contribution in [0.2, 0.25) is 10.0 Å². The first kappa shape index (κ1) is 22.5. The van der Waals surface area contributed by atoms with Gasteiger partial charge < -0.3 is 14.1 Å². The van der Waals surface area contributed by atoms with Gasteiger partial charge in [0, 0.05) is 31.5 Å². The SMILES string of the molecule is CCCN(CCC)CCO/N=C(/c1ccc(OC)c(Cl)c1Cl)c1nccn1C. The highest BCUT2D eigenvalue weighted by Gasteiger charge is 2.20. The Labute approximate surface area is 177 Å². The van der Waals surface area contributed by atoms with Crippen molar-refractivity contribution in [2.24, 2.45) is 12.2 Å². The molecule has 0 aliphatic rings. The molecule has 8 heteroatoms. The van der Waals surface area contributed by atoms with Crippen molar-refractivity contribution in [3.8, 4) is 5.75 Å². The summed E-state index contributed by atoms with van der Waals surface area (Å²) in [5.74, 6) is 1.15. The van der Waals surface area contributed by atoms with Crippen LogP contribution in [0.15, 0.2) is 29.7 Å². The number of benzene rings is 1. The number of imidazole rings is 1. The molecule has 0 bridgehead atoms. The van der Waals surface area contributed by atoms with Gasteiger partial charge >= 0.3 is 0 Å². The van der Waals surface area contributed by atoms with Crippen molar-refractivity contribution < 1.29 is 9.57 Å². The van der Waals surface area contributed by atoms with Crippen LogP contribution in [0, 0.1) is 0 Å². The largest absolute Gasteiger partial charge is 0.495 e. The molecule has 1 heterocycles. The summed E-state index contributed by atoms with van der Waals surface area (Å²) in [7, 11) is 3.44. The maximum Gasteiger partial charge on any atom is 0.162 e. The third-order valence-electron chi connectivity index (χ3n) is 4.29. The van der Waals surface area contributed by atoms with Crippen molar-refractivity contribution in [1.82, 2.24) is 14.5 Å². The Hall–Kier alpha value is -1.76. The van der Waals surface area contributed by atoms with Gasteiger partial charge in [0.25, 0.3) is 0 Å². The van der Waals surface area contributed by atoms with E-state index in [1.54, 1.807) is 19.4 Å². The van der Waals surface area contributed by atoms with Crippen LogP contribution in [0.1, 0.15) is 38.1 Å². The maximum absolute atomic E-state index is 6.49. The molecule has 154 valence electrons. The molecule has 1 aromatic carbocycles. The summed E-state index contributed by atoms with van der Waals surface area (Å²) in [6.45, 7) is 7.75. The molecule has 0 atom stereocenters.